The van der Waals surface area contributed by atoms with Crippen LogP contribution in [0.2, 0.25) is 0 Å². The molecule has 1 heterocycles. The smallest absolute Gasteiger partial charge is 0.125 e. The Morgan fingerprint density at radius 3 is 3.07 bits per heavy atom. The van der Waals surface area contributed by atoms with Crippen molar-refractivity contribution < 1.29 is 9.13 Å². The second-order valence-electron chi connectivity index (χ2n) is 3.44. The molecular weight excluding hydrogens is 183 g/mol. The summed E-state index contributed by atoms with van der Waals surface area (Å²) in [6.07, 6.45) is 0.940. The Balaban J connectivity index is 2.10. The Kier molecular flexibility index (Phi) is 2.54. The molecule has 2 rings (SSSR count). The van der Waals surface area contributed by atoms with Crippen LogP contribution < -0.4 is 11.1 Å². The van der Waals surface area contributed by atoms with Gasteiger partial charge in [-0.3, -0.25) is 0 Å². The lowest BCUT2D eigenvalue weighted by molar-refractivity contribution is 0.195. The molecule has 1 fully saturated rings. The minimum Gasteiger partial charge on any atom is -0.397 e. The van der Waals surface area contributed by atoms with Gasteiger partial charge in [0.05, 0.1) is 24.0 Å². The third-order valence-electron chi connectivity index (χ3n) is 2.30. The van der Waals surface area contributed by atoms with Crippen molar-refractivity contribution in [3.63, 3.8) is 0 Å². The predicted octanol–water partition coefficient (Wildman–Crippen LogP) is 1.61. The van der Waals surface area contributed by atoms with Gasteiger partial charge >= 0.3 is 0 Å². The lowest BCUT2D eigenvalue weighted by atomic mass is 10.2. The number of hydrogen-bond acceptors (Lipinski definition) is 3. The molecule has 1 unspecified atom stereocenters. The first-order chi connectivity index (χ1) is 6.75. The fraction of sp³-hybridized carbons (Fsp3) is 0.400. The fourth-order valence-electron chi connectivity index (χ4n) is 1.52. The van der Waals surface area contributed by atoms with Crippen LogP contribution in [0.5, 0.6) is 0 Å². The molecule has 1 aliphatic heterocycles. The minimum atomic E-state index is -0.277. The van der Waals surface area contributed by atoms with Gasteiger partial charge in [0.1, 0.15) is 5.82 Å². The van der Waals surface area contributed by atoms with Crippen molar-refractivity contribution in [3.8, 4) is 0 Å². The summed E-state index contributed by atoms with van der Waals surface area (Å²) in [5, 5.41) is 3.16. The van der Waals surface area contributed by atoms with Crippen LogP contribution >= 0.6 is 0 Å². The maximum absolute atomic E-state index is 12.9. The average molecular weight is 196 g/mol. The number of anilines is 2. The lowest BCUT2D eigenvalue weighted by Crippen LogP contribution is -2.19. The Hall–Kier alpha value is -1.29. The zero-order valence-electron chi connectivity index (χ0n) is 7.79. The number of nitrogens with one attached hydrogen (secondary N) is 1. The summed E-state index contributed by atoms with van der Waals surface area (Å²) in [5.41, 5.74) is 6.92. The first-order valence-electron chi connectivity index (χ1n) is 4.65. The SMILES string of the molecule is Nc1ccc(F)cc1NC1CCOC1. The zero-order valence-corrected chi connectivity index (χ0v) is 7.79. The summed E-state index contributed by atoms with van der Waals surface area (Å²) in [6, 6.07) is 4.58. The highest BCUT2D eigenvalue weighted by Gasteiger charge is 2.16. The number of ether oxygens (including phenoxy) is 1. The fourth-order valence-corrected chi connectivity index (χ4v) is 1.52. The number of nitrogens with two attached hydrogens (primary N) is 1. The Morgan fingerprint density at radius 2 is 2.36 bits per heavy atom. The van der Waals surface area contributed by atoms with Crippen LogP contribution in [0.4, 0.5) is 15.8 Å². The predicted molar refractivity (Wildman–Crippen MR) is 53.7 cm³/mol. The van der Waals surface area contributed by atoms with Gasteiger partial charge in [-0.2, -0.15) is 0 Å². The number of rotatable bonds is 2. The van der Waals surface area contributed by atoms with Gasteiger partial charge in [0.2, 0.25) is 0 Å². The van der Waals surface area contributed by atoms with Gasteiger partial charge in [0.15, 0.2) is 0 Å². The van der Waals surface area contributed by atoms with Crippen molar-refractivity contribution >= 4 is 11.4 Å². The molecule has 0 amide bonds. The first kappa shape index (κ1) is 9.27. The maximum atomic E-state index is 12.9. The molecule has 1 aromatic carbocycles. The van der Waals surface area contributed by atoms with E-state index in [1.165, 1.54) is 12.1 Å². The Labute approximate surface area is 82.1 Å². The molecule has 0 aliphatic carbocycles. The van der Waals surface area contributed by atoms with E-state index in [4.69, 9.17) is 10.5 Å². The summed E-state index contributed by atoms with van der Waals surface area (Å²) >= 11 is 0. The van der Waals surface area contributed by atoms with Gasteiger partial charge < -0.3 is 15.8 Å². The van der Waals surface area contributed by atoms with E-state index in [2.05, 4.69) is 5.32 Å². The molecule has 1 atom stereocenters. The largest absolute Gasteiger partial charge is 0.397 e. The van der Waals surface area contributed by atoms with Gasteiger partial charge in [0.25, 0.3) is 0 Å². The average Bonchev–Trinajstić information content (AvgIpc) is 2.64. The van der Waals surface area contributed by atoms with Crippen molar-refractivity contribution in [2.24, 2.45) is 0 Å². The molecule has 14 heavy (non-hydrogen) atoms. The van der Waals surface area contributed by atoms with E-state index in [9.17, 15) is 4.39 Å². The molecular formula is C10H13FN2O. The number of halogens is 1. The maximum Gasteiger partial charge on any atom is 0.125 e. The van der Waals surface area contributed by atoms with Crippen LogP contribution in [0, 0.1) is 5.82 Å². The second kappa shape index (κ2) is 3.84. The van der Waals surface area contributed by atoms with Crippen LogP contribution in [0.3, 0.4) is 0 Å². The number of benzene rings is 1. The molecule has 0 aromatic heterocycles. The van der Waals surface area contributed by atoms with Crippen LogP contribution in [0.1, 0.15) is 6.42 Å². The molecule has 0 radical (unpaired) electrons. The highest BCUT2D eigenvalue weighted by molar-refractivity contribution is 5.66. The minimum absolute atomic E-state index is 0.249. The van der Waals surface area contributed by atoms with Crippen LogP contribution in [-0.4, -0.2) is 19.3 Å². The number of hydrogen-bond donors (Lipinski definition) is 2. The van der Waals surface area contributed by atoms with Crippen molar-refractivity contribution in [2.75, 3.05) is 24.3 Å². The summed E-state index contributed by atoms with van der Waals surface area (Å²) in [5.74, 6) is -0.277. The van der Waals surface area contributed by atoms with E-state index >= 15 is 0 Å². The van der Waals surface area contributed by atoms with Gasteiger partial charge in [0, 0.05) is 6.61 Å². The Morgan fingerprint density at radius 1 is 1.50 bits per heavy atom. The van der Waals surface area contributed by atoms with Crippen molar-refractivity contribution in [1.29, 1.82) is 0 Å². The van der Waals surface area contributed by atoms with Gasteiger partial charge in [-0.15, -0.1) is 0 Å². The highest BCUT2D eigenvalue weighted by atomic mass is 19.1. The molecule has 0 bridgehead atoms. The molecule has 76 valence electrons. The zero-order chi connectivity index (χ0) is 9.97. The molecule has 1 aliphatic rings. The summed E-state index contributed by atoms with van der Waals surface area (Å²) in [4.78, 5) is 0. The summed E-state index contributed by atoms with van der Waals surface area (Å²) in [6.45, 7) is 1.42. The van der Waals surface area contributed by atoms with Crippen LogP contribution in [-0.2, 0) is 4.74 Å². The monoisotopic (exact) mass is 196 g/mol. The Bertz CT molecular complexity index is 324. The first-order valence-corrected chi connectivity index (χ1v) is 4.65. The molecule has 1 saturated heterocycles. The number of nitrogen functional groups attached to an aromatic ring is 1. The van der Waals surface area contributed by atoms with Crippen molar-refractivity contribution in [3.05, 3.63) is 24.0 Å². The second-order valence-corrected chi connectivity index (χ2v) is 3.44. The highest BCUT2D eigenvalue weighted by Crippen LogP contribution is 2.21. The van der Waals surface area contributed by atoms with E-state index in [1.54, 1.807) is 6.07 Å². The van der Waals surface area contributed by atoms with Gasteiger partial charge in [-0.05, 0) is 24.6 Å². The van der Waals surface area contributed by atoms with E-state index in [0.717, 1.165) is 13.0 Å². The molecule has 1 aromatic rings. The quantitative estimate of drug-likeness (QED) is 0.706. The van der Waals surface area contributed by atoms with Crippen molar-refractivity contribution in [2.45, 2.75) is 12.5 Å². The van der Waals surface area contributed by atoms with E-state index < -0.39 is 0 Å². The summed E-state index contributed by atoms with van der Waals surface area (Å²) in [7, 11) is 0. The third-order valence-corrected chi connectivity index (χ3v) is 2.30. The normalized spacial score (nSPS) is 21.1. The topological polar surface area (TPSA) is 47.3 Å². The van der Waals surface area contributed by atoms with E-state index in [1.807, 2.05) is 0 Å². The third kappa shape index (κ3) is 1.96. The molecule has 3 N–H and O–H groups in total. The summed E-state index contributed by atoms with van der Waals surface area (Å²) < 4.78 is 18.1. The molecule has 0 saturated carbocycles. The van der Waals surface area contributed by atoms with Gasteiger partial charge in [-0.1, -0.05) is 0 Å². The van der Waals surface area contributed by atoms with Gasteiger partial charge in [-0.25, -0.2) is 4.39 Å². The van der Waals surface area contributed by atoms with Crippen LogP contribution in [0.15, 0.2) is 18.2 Å². The molecule has 0 spiro atoms. The van der Waals surface area contributed by atoms with Crippen molar-refractivity contribution in [1.82, 2.24) is 0 Å². The van der Waals surface area contributed by atoms with E-state index in [0.29, 0.717) is 18.0 Å². The van der Waals surface area contributed by atoms with E-state index in [-0.39, 0.29) is 11.9 Å². The standard InChI is InChI=1S/C10H13FN2O/c11-7-1-2-9(12)10(5-7)13-8-3-4-14-6-8/h1-2,5,8,13H,3-4,6,12H2. The lowest BCUT2D eigenvalue weighted by Gasteiger charge is -2.13. The molecule has 3 nitrogen and oxygen atoms in total. The molecule has 4 heteroatoms. The van der Waals surface area contributed by atoms with Crippen LogP contribution in [0.25, 0.3) is 0 Å².